The van der Waals surface area contributed by atoms with Crippen LogP contribution in [0.4, 0.5) is 17.3 Å². The lowest BCUT2D eigenvalue weighted by molar-refractivity contribution is -0.384. The minimum Gasteiger partial charge on any atom is -0.444 e. The molecular weight excluding hydrogens is 274 g/mol. The molecule has 112 valence electrons. The molecule has 2 rings (SSSR count). The maximum Gasteiger partial charge on any atom is 0.311 e. The van der Waals surface area contributed by atoms with E-state index in [4.69, 9.17) is 4.42 Å². The van der Waals surface area contributed by atoms with Crippen molar-refractivity contribution in [2.75, 3.05) is 17.2 Å². The third-order valence-corrected chi connectivity index (χ3v) is 2.79. The number of nitrogens with one attached hydrogen (secondary N) is 2. The van der Waals surface area contributed by atoms with Crippen LogP contribution in [-0.4, -0.2) is 21.4 Å². The lowest BCUT2D eigenvalue weighted by Gasteiger charge is -2.07. The number of aryl methyl sites for hydroxylation is 1. The molecule has 0 atom stereocenters. The summed E-state index contributed by atoms with van der Waals surface area (Å²) in [6, 6.07) is 2.99. The van der Waals surface area contributed by atoms with Crippen LogP contribution < -0.4 is 10.6 Å². The lowest BCUT2D eigenvalue weighted by atomic mass is 10.3. The second-order valence-electron chi connectivity index (χ2n) is 4.28. The molecule has 0 amide bonds. The number of anilines is 2. The molecule has 0 fully saturated rings. The summed E-state index contributed by atoms with van der Waals surface area (Å²) in [5.41, 5.74) is -0.0843. The zero-order valence-corrected chi connectivity index (χ0v) is 11.9. The Balaban J connectivity index is 2.16. The molecule has 0 radical (unpaired) electrons. The maximum atomic E-state index is 11.0. The van der Waals surface area contributed by atoms with Crippen LogP contribution in [0, 0.1) is 10.1 Å². The Labute approximate surface area is 121 Å². The van der Waals surface area contributed by atoms with Crippen LogP contribution in [-0.2, 0) is 13.0 Å². The molecule has 8 nitrogen and oxygen atoms in total. The van der Waals surface area contributed by atoms with Gasteiger partial charge in [0, 0.05) is 19.0 Å². The van der Waals surface area contributed by atoms with Gasteiger partial charge in [-0.1, -0.05) is 6.92 Å². The standard InChI is InChI=1S/C13H17N5O3/c1-3-9-7-15-12(21-9)8-16-13-10(18(19)20)5-6-11(17-13)14-4-2/h5-7H,3-4,8H2,1-2H3,(H2,14,16,17). The zero-order chi connectivity index (χ0) is 15.2. The first-order valence-electron chi connectivity index (χ1n) is 6.70. The first kappa shape index (κ1) is 14.8. The van der Waals surface area contributed by atoms with E-state index < -0.39 is 4.92 Å². The molecule has 21 heavy (non-hydrogen) atoms. The number of pyridine rings is 1. The molecule has 0 unspecified atom stereocenters. The highest BCUT2D eigenvalue weighted by molar-refractivity contribution is 5.60. The molecule has 0 spiro atoms. The van der Waals surface area contributed by atoms with Crippen molar-refractivity contribution in [2.45, 2.75) is 26.8 Å². The van der Waals surface area contributed by atoms with Crippen molar-refractivity contribution in [2.24, 2.45) is 0 Å². The van der Waals surface area contributed by atoms with Gasteiger partial charge in [-0.25, -0.2) is 9.97 Å². The SMILES string of the molecule is CCNc1ccc([N+](=O)[O-])c(NCc2ncc(CC)o2)n1. The van der Waals surface area contributed by atoms with Gasteiger partial charge in [-0.2, -0.15) is 0 Å². The smallest absolute Gasteiger partial charge is 0.311 e. The molecule has 8 heteroatoms. The second-order valence-corrected chi connectivity index (χ2v) is 4.28. The molecular formula is C13H17N5O3. The predicted molar refractivity (Wildman–Crippen MR) is 78.3 cm³/mol. The minimum absolute atomic E-state index is 0.0843. The van der Waals surface area contributed by atoms with Crippen molar-refractivity contribution < 1.29 is 9.34 Å². The number of oxazole rings is 1. The molecule has 2 heterocycles. The molecule has 0 saturated carbocycles. The van der Waals surface area contributed by atoms with E-state index in [-0.39, 0.29) is 18.1 Å². The zero-order valence-electron chi connectivity index (χ0n) is 11.9. The first-order valence-corrected chi connectivity index (χ1v) is 6.70. The Hall–Kier alpha value is -2.64. The van der Waals surface area contributed by atoms with Gasteiger partial charge in [0.05, 0.1) is 17.7 Å². The Morgan fingerprint density at radius 2 is 2.14 bits per heavy atom. The molecule has 2 aromatic rings. The fourth-order valence-corrected chi connectivity index (χ4v) is 1.76. The van der Waals surface area contributed by atoms with Crippen molar-refractivity contribution in [1.82, 2.24) is 9.97 Å². The van der Waals surface area contributed by atoms with Crippen molar-refractivity contribution in [3.05, 3.63) is 40.1 Å². The first-order chi connectivity index (χ1) is 10.1. The van der Waals surface area contributed by atoms with E-state index in [1.54, 1.807) is 12.3 Å². The molecule has 0 aliphatic heterocycles. The van der Waals surface area contributed by atoms with Crippen molar-refractivity contribution in [3.8, 4) is 0 Å². The number of aromatic nitrogens is 2. The fraction of sp³-hybridized carbons (Fsp3) is 0.385. The normalized spacial score (nSPS) is 10.4. The van der Waals surface area contributed by atoms with Crippen LogP contribution in [0.5, 0.6) is 0 Å². The highest BCUT2D eigenvalue weighted by atomic mass is 16.6. The van der Waals surface area contributed by atoms with E-state index in [2.05, 4.69) is 20.6 Å². The van der Waals surface area contributed by atoms with Gasteiger partial charge in [0.15, 0.2) is 0 Å². The Kier molecular flexibility index (Phi) is 4.70. The Bertz CT molecular complexity index is 626. The number of nitrogens with zero attached hydrogens (tertiary/aromatic N) is 3. The summed E-state index contributed by atoms with van der Waals surface area (Å²) in [6.45, 7) is 4.81. The van der Waals surface area contributed by atoms with E-state index in [1.807, 2.05) is 13.8 Å². The van der Waals surface area contributed by atoms with E-state index in [9.17, 15) is 10.1 Å². The molecule has 0 bridgehead atoms. The number of hydrogen-bond acceptors (Lipinski definition) is 7. The van der Waals surface area contributed by atoms with Crippen molar-refractivity contribution in [1.29, 1.82) is 0 Å². The van der Waals surface area contributed by atoms with Crippen LogP contribution in [0.15, 0.2) is 22.7 Å². The average Bonchev–Trinajstić information content (AvgIpc) is 2.93. The molecule has 2 N–H and O–H groups in total. The minimum atomic E-state index is -0.474. The van der Waals surface area contributed by atoms with E-state index in [0.29, 0.717) is 18.3 Å². The topological polar surface area (TPSA) is 106 Å². The monoisotopic (exact) mass is 291 g/mol. The third-order valence-electron chi connectivity index (χ3n) is 2.79. The third kappa shape index (κ3) is 3.68. The van der Waals surface area contributed by atoms with Gasteiger partial charge in [0.2, 0.25) is 11.7 Å². The van der Waals surface area contributed by atoms with Crippen LogP contribution in [0.25, 0.3) is 0 Å². The largest absolute Gasteiger partial charge is 0.444 e. The van der Waals surface area contributed by atoms with Crippen LogP contribution in [0.3, 0.4) is 0 Å². The summed E-state index contributed by atoms with van der Waals surface area (Å²) in [5, 5.41) is 16.9. The van der Waals surface area contributed by atoms with Crippen molar-refractivity contribution >= 4 is 17.3 Å². The highest BCUT2D eigenvalue weighted by Crippen LogP contribution is 2.24. The highest BCUT2D eigenvalue weighted by Gasteiger charge is 2.16. The summed E-state index contributed by atoms with van der Waals surface area (Å²) in [5.74, 6) is 2.01. The Morgan fingerprint density at radius 1 is 1.33 bits per heavy atom. The van der Waals surface area contributed by atoms with Gasteiger partial charge in [-0.15, -0.1) is 0 Å². The molecule has 0 saturated heterocycles. The quantitative estimate of drug-likeness (QED) is 0.596. The number of nitro groups is 1. The summed E-state index contributed by atoms with van der Waals surface area (Å²) < 4.78 is 5.45. The van der Waals surface area contributed by atoms with Gasteiger partial charge in [-0.3, -0.25) is 10.1 Å². The maximum absolute atomic E-state index is 11.0. The number of rotatable bonds is 7. The summed E-state index contributed by atoms with van der Waals surface area (Å²) in [4.78, 5) is 18.8. The average molecular weight is 291 g/mol. The molecule has 0 aliphatic rings. The van der Waals surface area contributed by atoms with Crippen LogP contribution in [0.1, 0.15) is 25.5 Å². The van der Waals surface area contributed by atoms with E-state index in [0.717, 1.165) is 12.2 Å². The van der Waals surface area contributed by atoms with Gasteiger partial charge >= 0.3 is 5.69 Å². The number of hydrogen-bond donors (Lipinski definition) is 2. The Morgan fingerprint density at radius 3 is 2.76 bits per heavy atom. The van der Waals surface area contributed by atoms with Gasteiger partial charge in [-0.05, 0) is 13.0 Å². The van der Waals surface area contributed by atoms with Crippen LogP contribution >= 0.6 is 0 Å². The second kappa shape index (κ2) is 6.69. The van der Waals surface area contributed by atoms with Gasteiger partial charge in [0.25, 0.3) is 0 Å². The fourth-order valence-electron chi connectivity index (χ4n) is 1.76. The van der Waals surface area contributed by atoms with Crippen molar-refractivity contribution in [3.63, 3.8) is 0 Å². The summed E-state index contributed by atoms with van der Waals surface area (Å²) in [7, 11) is 0. The van der Waals surface area contributed by atoms with Gasteiger partial charge < -0.3 is 15.1 Å². The lowest BCUT2D eigenvalue weighted by Crippen LogP contribution is -2.07. The molecule has 2 aromatic heterocycles. The van der Waals surface area contributed by atoms with Crippen LogP contribution in [0.2, 0.25) is 0 Å². The summed E-state index contributed by atoms with van der Waals surface area (Å²) in [6.07, 6.45) is 2.40. The van der Waals surface area contributed by atoms with E-state index in [1.165, 1.54) is 6.07 Å². The summed E-state index contributed by atoms with van der Waals surface area (Å²) >= 11 is 0. The molecule has 0 aliphatic carbocycles. The van der Waals surface area contributed by atoms with Gasteiger partial charge in [0.1, 0.15) is 11.6 Å². The predicted octanol–water partition coefficient (Wildman–Crippen LogP) is 2.58. The molecule has 0 aromatic carbocycles. The van der Waals surface area contributed by atoms with E-state index >= 15 is 0 Å².